The second kappa shape index (κ2) is 6.69. The van der Waals surface area contributed by atoms with Crippen LogP contribution in [-0.2, 0) is 10.2 Å². The summed E-state index contributed by atoms with van der Waals surface area (Å²) in [6, 6.07) is 8.42. The minimum atomic E-state index is -3.62. The van der Waals surface area contributed by atoms with Crippen molar-refractivity contribution in [3.05, 3.63) is 35.4 Å². The lowest BCUT2D eigenvalue weighted by atomic mass is 9.73. The van der Waals surface area contributed by atoms with Crippen LogP contribution in [0.3, 0.4) is 0 Å². The van der Waals surface area contributed by atoms with E-state index in [9.17, 15) is 8.42 Å². The van der Waals surface area contributed by atoms with Crippen molar-refractivity contribution >= 4 is 10.2 Å². The highest BCUT2D eigenvalue weighted by Gasteiger charge is 2.36. The Morgan fingerprint density at radius 2 is 1.82 bits per heavy atom. The molecule has 1 aromatic carbocycles. The third-order valence-electron chi connectivity index (χ3n) is 4.86. The quantitative estimate of drug-likeness (QED) is 0.925. The Balaban J connectivity index is 2.42. The number of hydrogen-bond donors (Lipinski definition) is 1. The molecule has 2 unspecified atom stereocenters. The number of nitrogens with zero attached hydrogens (tertiary/aromatic N) is 1. The van der Waals surface area contributed by atoms with Gasteiger partial charge >= 0.3 is 0 Å². The summed E-state index contributed by atoms with van der Waals surface area (Å²) in [6.07, 6.45) is 0.866. The number of benzene rings is 1. The lowest BCUT2D eigenvalue weighted by Crippen LogP contribution is -2.46. The SMILES string of the molecule is CC(C)c1ccccc1C1CN(S(N)(=O)=O)CCC1C(C)C. The first-order valence-corrected chi connectivity index (χ1v) is 9.58. The number of nitrogens with two attached hydrogens (primary N) is 1. The number of piperidine rings is 1. The summed E-state index contributed by atoms with van der Waals surface area (Å²) in [6.45, 7) is 9.84. The molecular weight excluding hydrogens is 296 g/mol. The van der Waals surface area contributed by atoms with Gasteiger partial charge in [0.1, 0.15) is 0 Å². The van der Waals surface area contributed by atoms with E-state index in [2.05, 4.69) is 52.0 Å². The maximum Gasteiger partial charge on any atom is 0.276 e. The van der Waals surface area contributed by atoms with Gasteiger partial charge in [0.2, 0.25) is 0 Å². The van der Waals surface area contributed by atoms with E-state index in [1.165, 1.54) is 15.4 Å². The van der Waals surface area contributed by atoms with Crippen molar-refractivity contribution in [3.63, 3.8) is 0 Å². The van der Waals surface area contributed by atoms with Gasteiger partial charge in [0, 0.05) is 19.0 Å². The van der Waals surface area contributed by atoms with E-state index in [-0.39, 0.29) is 5.92 Å². The van der Waals surface area contributed by atoms with Crippen molar-refractivity contribution in [1.29, 1.82) is 0 Å². The molecule has 22 heavy (non-hydrogen) atoms. The molecular formula is C17H28N2O2S. The maximum atomic E-state index is 11.8. The first-order valence-electron chi connectivity index (χ1n) is 8.08. The van der Waals surface area contributed by atoms with E-state index in [4.69, 9.17) is 5.14 Å². The number of hydrogen-bond acceptors (Lipinski definition) is 2. The highest BCUT2D eigenvalue weighted by molar-refractivity contribution is 7.86. The van der Waals surface area contributed by atoms with Crippen LogP contribution in [0.5, 0.6) is 0 Å². The van der Waals surface area contributed by atoms with Crippen molar-refractivity contribution in [3.8, 4) is 0 Å². The average molecular weight is 324 g/mol. The monoisotopic (exact) mass is 324 g/mol. The van der Waals surface area contributed by atoms with Crippen LogP contribution in [0, 0.1) is 11.8 Å². The van der Waals surface area contributed by atoms with E-state index < -0.39 is 10.2 Å². The van der Waals surface area contributed by atoms with Crippen molar-refractivity contribution in [2.45, 2.75) is 46.0 Å². The van der Waals surface area contributed by atoms with Crippen LogP contribution in [0.25, 0.3) is 0 Å². The van der Waals surface area contributed by atoms with E-state index >= 15 is 0 Å². The van der Waals surface area contributed by atoms with Gasteiger partial charge in [0.05, 0.1) is 0 Å². The molecule has 1 aliphatic heterocycles. The molecule has 1 saturated heterocycles. The third-order valence-corrected chi connectivity index (χ3v) is 5.91. The van der Waals surface area contributed by atoms with Crippen molar-refractivity contribution in [1.82, 2.24) is 4.31 Å². The second-order valence-corrected chi connectivity index (χ2v) is 8.54. The summed E-state index contributed by atoms with van der Waals surface area (Å²) in [7, 11) is -3.62. The highest BCUT2D eigenvalue weighted by Crippen LogP contribution is 2.40. The van der Waals surface area contributed by atoms with Gasteiger partial charge in [0.25, 0.3) is 10.2 Å². The van der Waals surface area contributed by atoms with Crippen molar-refractivity contribution in [2.24, 2.45) is 17.0 Å². The molecule has 2 atom stereocenters. The van der Waals surface area contributed by atoms with E-state index in [1.807, 2.05) is 0 Å². The van der Waals surface area contributed by atoms with Gasteiger partial charge in [-0.3, -0.25) is 0 Å². The molecule has 124 valence electrons. The molecule has 1 fully saturated rings. The van der Waals surface area contributed by atoms with E-state index in [0.717, 1.165) is 6.42 Å². The second-order valence-electron chi connectivity index (χ2n) is 6.99. The molecule has 1 aliphatic rings. The Morgan fingerprint density at radius 3 is 2.36 bits per heavy atom. The van der Waals surface area contributed by atoms with Gasteiger partial charge in [-0.25, -0.2) is 5.14 Å². The van der Waals surface area contributed by atoms with Crippen LogP contribution < -0.4 is 5.14 Å². The molecule has 0 amide bonds. The zero-order chi connectivity index (χ0) is 16.5. The predicted octanol–water partition coefficient (Wildman–Crippen LogP) is 3.08. The molecule has 0 aromatic heterocycles. The Bertz CT molecular complexity index is 611. The molecule has 0 radical (unpaired) electrons. The summed E-state index contributed by atoms with van der Waals surface area (Å²) in [5, 5.41) is 5.37. The Morgan fingerprint density at radius 1 is 1.18 bits per heavy atom. The van der Waals surface area contributed by atoms with Crippen LogP contribution in [0.4, 0.5) is 0 Å². The minimum Gasteiger partial charge on any atom is -0.216 e. The molecule has 0 bridgehead atoms. The molecule has 1 aromatic rings. The first-order chi connectivity index (χ1) is 10.2. The van der Waals surface area contributed by atoms with E-state index in [1.54, 1.807) is 0 Å². The van der Waals surface area contributed by atoms with E-state index in [0.29, 0.717) is 30.8 Å². The molecule has 2 rings (SSSR count). The topological polar surface area (TPSA) is 63.4 Å². The van der Waals surface area contributed by atoms with Gasteiger partial charge < -0.3 is 0 Å². The maximum absolute atomic E-state index is 11.8. The minimum absolute atomic E-state index is 0.214. The number of rotatable bonds is 4. The standard InChI is InChI=1S/C17H28N2O2S/c1-12(2)14-7-5-6-8-16(14)17-11-19(22(18,20)21)10-9-15(17)13(3)4/h5-8,12-13,15,17H,9-11H2,1-4H3,(H2,18,20,21). The lowest BCUT2D eigenvalue weighted by Gasteiger charge is -2.40. The molecule has 1 heterocycles. The summed E-state index contributed by atoms with van der Waals surface area (Å²) in [5.41, 5.74) is 2.60. The fourth-order valence-electron chi connectivity index (χ4n) is 3.67. The molecule has 0 aliphatic carbocycles. The van der Waals surface area contributed by atoms with Gasteiger partial charge in [-0.2, -0.15) is 12.7 Å². The Kier molecular flexibility index (Phi) is 5.30. The molecule has 4 nitrogen and oxygen atoms in total. The zero-order valence-corrected chi connectivity index (χ0v) is 14.8. The predicted molar refractivity (Wildman–Crippen MR) is 90.9 cm³/mol. The van der Waals surface area contributed by atoms with Crippen LogP contribution in [0.15, 0.2) is 24.3 Å². The van der Waals surface area contributed by atoms with Crippen molar-refractivity contribution in [2.75, 3.05) is 13.1 Å². The highest BCUT2D eigenvalue weighted by atomic mass is 32.2. The smallest absolute Gasteiger partial charge is 0.216 e. The average Bonchev–Trinajstić information content (AvgIpc) is 2.45. The Labute approximate surface area is 134 Å². The summed E-state index contributed by atoms with van der Waals surface area (Å²) >= 11 is 0. The fourth-order valence-corrected chi connectivity index (χ4v) is 4.40. The van der Waals surface area contributed by atoms with Crippen LogP contribution in [0.2, 0.25) is 0 Å². The summed E-state index contributed by atoms with van der Waals surface area (Å²) < 4.78 is 25.0. The molecule has 0 spiro atoms. The van der Waals surface area contributed by atoms with Crippen LogP contribution >= 0.6 is 0 Å². The van der Waals surface area contributed by atoms with Gasteiger partial charge in [-0.05, 0) is 35.3 Å². The van der Waals surface area contributed by atoms with Gasteiger partial charge in [-0.15, -0.1) is 0 Å². The first kappa shape index (κ1) is 17.4. The zero-order valence-electron chi connectivity index (χ0n) is 14.0. The fraction of sp³-hybridized carbons (Fsp3) is 0.647. The third kappa shape index (κ3) is 3.70. The molecule has 0 saturated carbocycles. The largest absolute Gasteiger partial charge is 0.276 e. The van der Waals surface area contributed by atoms with Crippen LogP contribution in [0.1, 0.15) is 57.1 Å². The normalized spacial score (nSPS) is 24.1. The summed E-state index contributed by atoms with van der Waals surface area (Å²) in [4.78, 5) is 0. The molecule has 2 N–H and O–H groups in total. The molecule has 5 heteroatoms. The summed E-state index contributed by atoms with van der Waals surface area (Å²) in [5.74, 6) is 1.64. The Hall–Kier alpha value is -0.910. The lowest BCUT2D eigenvalue weighted by molar-refractivity contribution is 0.191. The van der Waals surface area contributed by atoms with Gasteiger partial charge in [0.15, 0.2) is 0 Å². The van der Waals surface area contributed by atoms with Crippen LogP contribution in [-0.4, -0.2) is 25.8 Å². The van der Waals surface area contributed by atoms with Crippen molar-refractivity contribution < 1.29 is 8.42 Å². The van der Waals surface area contributed by atoms with Gasteiger partial charge in [-0.1, -0.05) is 52.0 Å².